The Kier molecular flexibility index (Phi) is 5.80. The maximum absolute atomic E-state index is 12.4. The fraction of sp³-hybridized carbons (Fsp3) is 0.588. The number of methoxy groups -OCH3 is 1. The number of carbonyl (C=O) groups is 1. The maximum Gasteiger partial charge on any atom is 0.251 e. The molecule has 1 aromatic carbocycles. The third-order valence-electron chi connectivity index (χ3n) is 4.24. The highest BCUT2D eigenvalue weighted by Gasteiger charge is 2.28. The van der Waals surface area contributed by atoms with E-state index < -0.39 is 6.10 Å². The van der Waals surface area contributed by atoms with Crippen LogP contribution in [0, 0.1) is 0 Å². The van der Waals surface area contributed by atoms with Crippen molar-refractivity contribution in [2.24, 2.45) is 0 Å². The molecule has 5 heteroatoms. The Labute approximate surface area is 132 Å². The Bertz CT molecular complexity index is 487. The minimum absolute atomic E-state index is 0.155. The summed E-state index contributed by atoms with van der Waals surface area (Å²) in [6.45, 7) is 5.92. The second-order valence-corrected chi connectivity index (χ2v) is 6.11. The number of hydrogen-bond donors (Lipinski definition) is 2. The third kappa shape index (κ3) is 4.21. The molecule has 0 spiro atoms. The van der Waals surface area contributed by atoms with Gasteiger partial charge >= 0.3 is 0 Å². The van der Waals surface area contributed by atoms with Crippen LogP contribution in [0.4, 0.5) is 0 Å². The molecule has 1 aliphatic heterocycles. The molecule has 0 radical (unpaired) electrons. The van der Waals surface area contributed by atoms with Gasteiger partial charge in [-0.25, -0.2) is 0 Å². The van der Waals surface area contributed by atoms with Crippen molar-refractivity contribution in [1.29, 1.82) is 0 Å². The number of aliphatic hydroxyl groups excluding tert-OH is 1. The van der Waals surface area contributed by atoms with E-state index in [2.05, 4.69) is 24.1 Å². The van der Waals surface area contributed by atoms with Gasteiger partial charge in [0.1, 0.15) is 5.75 Å². The molecular formula is C17H26N2O3. The second kappa shape index (κ2) is 7.61. The van der Waals surface area contributed by atoms with Gasteiger partial charge in [-0.3, -0.25) is 9.69 Å². The van der Waals surface area contributed by atoms with Crippen LogP contribution in [-0.2, 0) is 0 Å². The molecule has 1 heterocycles. The van der Waals surface area contributed by atoms with E-state index in [1.807, 2.05) is 0 Å². The lowest BCUT2D eigenvalue weighted by molar-refractivity contribution is 0.0786. The van der Waals surface area contributed by atoms with E-state index >= 15 is 0 Å². The van der Waals surface area contributed by atoms with Crippen LogP contribution < -0.4 is 10.1 Å². The van der Waals surface area contributed by atoms with Crippen LogP contribution in [0.15, 0.2) is 24.3 Å². The summed E-state index contributed by atoms with van der Waals surface area (Å²) < 4.78 is 5.09. The van der Waals surface area contributed by atoms with Crippen molar-refractivity contribution < 1.29 is 14.6 Å². The van der Waals surface area contributed by atoms with Crippen molar-refractivity contribution in [1.82, 2.24) is 10.2 Å². The molecule has 22 heavy (non-hydrogen) atoms. The van der Waals surface area contributed by atoms with Crippen LogP contribution >= 0.6 is 0 Å². The number of likely N-dealkylation sites (tertiary alicyclic amines) is 1. The average molecular weight is 306 g/mol. The lowest BCUT2D eigenvalue weighted by Crippen LogP contribution is -2.50. The summed E-state index contributed by atoms with van der Waals surface area (Å²) >= 11 is 0. The molecule has 0 aromatic heterocycles. The number of aliphatic hydroxyl groups is 1. The first-order chi connectivity index (χ1) is 10.5. The number of nitrogens with one attached hydrogen (secondary N) is 1. The van der Waals surface area contributed by atoms with E-state index in [1.54, 1.807) is 31.4 Å². The van der Waals surface area contributed by atoms with Crippen LogP contribution in [0.3, 0.4) is 0 Å². The van der Waals surface area contributed by atoms with Crippen LogP contribution in [0.5, 0.6) is 5.75 Å². The minimum Gasteiger partial charge on any atom is -0.497 e. The molecule has 2 atom stereocenters. The molecule has 2 rings (SSSR count). The van der Waals surface area contributed by atoms with E-state index in [0.29, 0.717) is 18.2 Å². The number of hydrogen-bond acceptors (Lipinski definition) is 4. The van der Waals surface area contributed by atoms with E-state index in [0.717, 1.165) is 25.1 Å². The lowest BCUT2D eigenvalue weighted by Gasteiger charge is -2.29. The Morgan fingerprint density at radius 1 is 1.36 bits per heavy atom. The molecule has 2 unspecified atom stereocenters. The number of carbonyl (C=O) groups excluding carboxylic acids is 1. The van der Waals surface area contributed by atoms with Gasteiger partial charge in [-0.15, -0.1) is 0 Å². The molecule has 0 aliphatic carbocycles. The van der Waals surface area contributed by atoms with E-state index in [1.165, 1.54) is 0 Å². The fourth-order valence-electron chi connectivity index (χ4n) is 2.78. The molecule has 1 aromatic rings. The highest BCUT2D eigenvalue weighted by molar-refractivity contribution is 5.94. The first-order valence-corrected chi connectivity index (χ1v) is 7.88. The summed E-state index contributed by atoms with van der Waals surface area (Å²) in [5.41, 5.74) is 0.577. The van der Waals surface area contributed by atoms with Gasteiger partial charge in [-0.05, 0) is 57.5 Å². The summed E-state index contributed by atoms with van der Waals surface area (Å²) in [4.78, 5) is 14.7. The Hall–Kier alpha value is -1.59. The number of rotatable bonds is 4. The Balaban J connectivity index is 2.03. The van der Waals surface area contributed by atoms with E-state index in [-0.39, 0.29) is 11.9 Å². The summed E-state index contributed by atoms with van der Waals surface area (Å²) in [7, 11) is 1.59. The zero-order valence-corrected chi connectivity index (χ0v) is 13.6. The topological polar surface area (TPSA) is 61.8 Å². The van der Waals surface area contributed by atoms with Gasteiger partial charge in [0.15, 0.2) is 0 Å². The number of ether oxygens (including phenoxy) is 1. The molecule has 122 valence electrons. The maximum atomic E-state index is 12.4. The summed E-state index contributed by atoms with van der Waals surface area (Å²) in [5.74, 6) is 0.564. The van der Waals surface area contributed by atoms with Gasteiger partial charge < -0.3 is 15.2 Å². The van der Waals surface area contributed by atoms with E-state index in [9.17, 15) is 9.90 Å². The van der Waals surface area contributed by atoms with Gasteiger partial charge in [0.2, 0.25) is 0 Å². The second-order valence-electron chi connectivity index (χ2n) is 6.11. The highest BCUT2D eigenvalue weighted by atomic mass is 16.5. The van der Waals surface area contributed by atoms with Gasteiger partial charge in [0.25, 0.3) is 5.91 Å². The Morgan fingerprint density at radius 2 is 2.05 bits per heavy atom. The third-order valence-corrected chi connectivity index (χ3v) is 4.24. The standard InChI is InChI=1S/C17H26N2O3/c1-12(2)19-10-4-5-16(20)15(11-19)18-17(21)13-6-8-14(22-3)9-7-13/h6-9,12,15-16,20H,4-5,10-11H2,1-3H3,(H,18,21). The van der Waals surface area contributed by atoms with Crippen LogP contribution in [0.25, 0.3) is 0 Å². The van der Waals surface area contributed by atoms with Crippen molar-refractivity contribution in [2.45, 2.75) is 44.9 Å². The Morgan fingerprint density at radius 3 is 2.64 bits per heavy atom. The normalized spacial score (nSPS) is 23.1. The predicted octanol–water partition coefficient (Wildman–Crippen LogP) is 1.66. The van der Waals surface area contributed by atoms with Gasteiger partial charge in [-0.2, -0.15) is 0 Å². The summed E-state index contributed by atoms with van der Waals surface area (Å²) in [6, 6.07) is 7.16. The molecule has 0 saturated carbocycles. The van der Waals surface area contributed by atoms with Crippen molar-refractivity contribution in [3.05, 3.63) is 29.8 Å². The predicted molar refractivity (Wildman–Crippen MR) is 86.2 cm³/mol. The molecule has 1 saturated heterocycles. The quantitative estimate of drug-likeness (QED) is 0.888. The molecule has 0 bridgehead atoms. The van der Waals surface area contributed by atoms with Crippen molar-refractivity contribution in [3.63, 3.8) is 0 Å². The zero-order valence-electron chi connectivity index (χ0n) is 13.6. The van der Waals surface area contributed by atoms with Crippen LogP contribution in [0.1, 0.15) is 37.0 Å². The van der Waals surface area contributed by atoms with E-state index in [4.69, 9.17) is 4.74 Å². The SMILES string of the molecule is COc1ccc(C(=O)NC2CN(C(C)C)CCCC2O)cc1. The number of nitrogens with zero attached hydrogens (tertiary/aromatic N) is 1. The summed E-state index contributed by atoms with van der Waals surface area (Å²) in [5, 5.41) is 13.2. The van der Waals surface area contributed by atoms with Crippen molar-refractivity contribution in [2.75, 3.05) is 20.2 Å². The molecule has 1 fully saturated rings. The first-order valence-electron chi connectivity index (χ1n) is 7.88. The average Bonchev–Trinajstić information content (AvgIpc) is 2.70. The van der Waals surface area contributed by atoms with Crippen molar-refractivity contribution in [3.8, 4) is 5.75 Å². The lowest BCUT2D eigenvalue weighted by atomic mass is 10.1. The highest BCUT2D eigenvalue weighted by Crippen LogP contribution is 2.16. The number of benzene rings is 1. The summed E-state index contributed by atoms with van der Waals surface area (Å²) in [6.07, 6.45) is 1.18. The fourth-order valence-corrected chi connectivity index (χ4v) is 2.78. The van der Waals surface area contributed by atoms with Gasteiger partial charge in [0, 0.05) is 18.2 Å². The monoisotopic (exact) mass is 306 g/mol. The first kappa shape index (κ1) is 16.8. The molecule has 1 aliphatic rings. The van der Waals surface area contributed by atoms with Gasteiger partial charge in [-0.1, -0.05) is 0 Å². The van der Waals surface area contributed by atoms with Gasteiger partial charge in [0.05, 0.1) is 19.3 Å². The minimum atomic E-state index is -0.494. The number of amides is 1. The van der Waals surface area contributed by atoms with Crippen LogP contribution in [-0.4, -0.2) is 54.3 Å². The molecule has 2 N–H and O–H groups in total. The van der Waals surface area contributed by atoms with Crippen LogP contribution in [0.2, 0.25) is 0 Å². The molecule has 5 nitrogen and oxygen atoms in total. The smallest absolute Gasteiger partial charge is 0.251 e. The van der Waals surface area contributed by atoms with Crippen molar-refractivity contribution >= 4 is 5.91 Å². The molecule has 1 amide bonds. The molecular weight excluding hydrogens is 280 g/mol. The largest absolute Gasteiger partial charge is 0.497 e. The zero-order chi connectivity index (χ0) is 16.1.